The van der Waals surface area contributed by atoms with E-state index < -0.39 is 0 Å². The molecule has 0 aliphatic heterocycles. The van der Waals surface area contributed by atoms with Crippen LogP contribution in [0.15, 0.2) is 18.3 Å². The van der Waals surface area contributed by atoms with Gasteiger partial charge in [0.05, 0.1) is 0 Å². The van der Waals surface area contributed by atoms with Crippen molar-refractivity contribution >= 4 is 0 Å². The van der Waals surface area contributed by atoms with Gasteiger partial charge in [0, 0.05) is 24.5 Å². The maximum Gasteiger partial charge on any atom is 0.184 e. The molecule has 0 amide bonds. The largest absolute Gasteiger partial charge is 0.202 e. The highest BCUT2D eigenvalue weighted by atomic mass is 15.0. The van der Waals surface area contributed by atoms with Gasteiger partial charge in [0.2, 0.25) is 0 Å². The standard InChI is InChI=1S/C37H70N/c1-4-7-10-13-14-15-16-17-18-19-20-21-22-23-26-29-34-38-35-30-32-36(31-27-24-11-8-5-2)37(38)33-28-25-12-9-6-3/h30,32,35H,4-29,31,33-34H2,1-3H3/q+1. The van der Waals surface area contributed by atoms with Crippen molar-refractivity contribution in [2.75, 3.05) is 0 Å². The summed E-state index contributed by atoms with van der Waals surface area (Å²) in [4.78, 5) is 0. The maximum absolute atomic E-state index is 2.64. The van der Waals surface area contributed by atoms with Crippen molar-refractivity contribution in [3.8, 4) is 0 Å². The van der Waals surface area contributed by atoms with E-state index in [0.717, 1.165) is 0 Å². The predicted octanol–water partition coefficient (Wildman–Crippen LogP) is 12.3. The highest BCUT2D eigenvalue weighted by Crippen LogP contribution is 2.16. The fourth-order valence-electron chi connectivity index (χ4n) is 6.02. The molecular formula is C37H70N+. The molecule has 1 heteroatoms. The summed E-state index contributed by atoms with van der Waals surface area (Å²) < 4.78 is 2.64. The van der Waals surface area contributed by atoms with Crippen LogP contribution in [0.2, 0.25) is 0 Å². The Labute approximate surface area is 241 Å². The minimum atomic E-state index is 1.23. The Morgan fingerprint density at radius 1 is 0.421 bits per heavy atom. The van der Waals surface area contributed by atoms with E-state index in [1.54, 1.807) is 11.3 Å². The zero-order chi connectivity index (χ0) is 27.4. The first-order chi connectivity index (χ1) is 18.8. The first kappa shape index (κ1) is 35.2. The van der Waals surface area contributed by atoms with Gasteiger partial charge in [-0.05, 0) is 31.7 Å². The van der Waals surface area contributed by atoms with Gasteiger partial charge in [-0.3, -0.25) is 0 Å². The summed E-state index contributed by atoms with van der Waals surface area (Å²) in [7, 11) is 0. The second-order valence-electron chi connectivity index (χ2n) is 12.3. The van der Waals surface area contributed by atoms with Gasteiger partial charge < -0.3 is 0 Å². The van der Waals surface area contributed by atoms with E-state index in [9.17, 15) is 0 Å². The van der Waals surface area contributed by atoms with Crippen LogP contribution in [-0.2, 0) is 19.4 Å². The van der Waals surface area contributed by atoms with Gasteiger partial charge in [-0.15, -0.1) is 0 Å². The van der Waals surface area contributed by atoms with Gasteiger partial charge in [0.1, 0.15) is 6.54 Å². The highest BCUT2D eigenvalue weighted by Gasteiger charge is 2.15. The number of hydrogen-bond acceptors (Lipinski definition) is 0. The zero-order valence-corrected chi connectivity index (χ0v) is 26.7. The maximum atomic E-state index is 2.64. The smallest absolute Gasteiger partial charge is 0.184 e. The SMILES string of the molecule is CCCCCCCCCCCCCCCCCC[n+]1cccc(CCCCCCC)c1CCCCCCC. The van der Waals surface area contributed by atoms with Gasteiger partial charge in [-0.2, -0.15) is 0 Å². The number of unbranched alkanes of at least 4 members (excludes halogenated alkanes) is 23. The quantitative estimate of drug-likeness (QED) is 0.0719. The number of hydrogen-bond donors (Lipinski definition) is 0. The second-order valence-corrected chi connectivity index (χ2v) is 12.3. The van der Waals surface area contributed by atoms with E-state index in [1.807, 2.05) is 0 Å². The van der Waals surface area contributed by atoms with Gasteiger partial charge in [0.25, 0.3) is 0 Å². The van der Waals surface area contributed by atoms with Crippen LogP contribution in [0.4, 0.5) is 0 Å². The van der Waals surface area contributed by atoms with Crippen LogP contribution in [0, 0.1) is 0 Å². The van der Waals surface area contributed by atoms with Crippen molar-refractivity contribution in [2.24, 2.45) is 0 Å². The molecule has 222 valence electrons. The lowest BCUT2D eigenvalue weighted by atomic mass is 10.00. The average Bonchev–Trinajstić information content (AvgIpc) is 2.93. The third-order valence-corrected chi connectivity index (χ3v) is 8.60. The van der Waals surface area contributed by atoms with Crippen molar-refractivity contribution < 1.29 is 4.57 Å². The third-order valence-electron chi connectivity index (χ3n) is 8.60. The molecule has 38 heavy (non-hydrogen) atoms. The van der Waals surface area contributed by atoms with E-state index in [0.29, 0.717) is 0 Å². The van der Waals surface area contributed by atoms with Crippen molar-refractivity contribution in [3.05, 3.63) is 29.6 Å². The summed E-state index contributed by atoms with van der Waals surface area (Å²) in [6, 6.07) is 4.76. The Balaban J connectivity index is 2.22. The Morgan fingerprint density at radius 2 is 0.789 bits per heavy atom. The van der Waals surface area contributed by atoms with E-state index in [4.69, 9.17) is 0 Å². The average molecular weight is 529 g/mol. The molecule has 0 aliphatic rings. The summed E-state index contributed by atoms with van der Waals surface area (Å²) in [6.45, 7) is 8.17. The molecule has 0 saturated heterocycles. The van der Waals surface area contributed by atoms with Gasteiger partial charge in [0.15, 0.2) is 11.9 Å². The molecule has 1 aromatic heterocycles. The predicted molar refractivity (Wildman–Crippen MR) is 171 cm³/mol. The molecule has 0 unspecified atom stereocenters. The lowest BCUT2D eigenvalue weighted by Gasteiger charge is -2.10. The van der Waals surface area contributed by atoms with E-state index in [1.165, 1.54) is 186 Å². The molecule has 1 rings (SSSR count). The number of aryl methyl sites for hydroxylation is 2. The van der Waals surface area contributed by atoms with Crippen LogP contribution in [0.25, 0.3) is 0 Å². The monoisotopic (exact) mass is 529 g/mol. The van der Waals surface area contributed by atoms with Crippen molar-refractivity contribution in [1.82, 2.24) is 0 Å². The first-order valence-electron chi connectivity index (χ1n) is 17.8. The molecule has 0 saturated carbocycles. The molecule has 0 aliphatic carbocycles. The summed E-state index contributed by atoms with van der Waals surface area (Å²) >= 11 is 0. The molecule has 0 N–H and O–H groups in total. The first-order valence-corrected chi connectivity index (χ1v) is 17.8. The summed E-state index contributed by atoms with van der Waals surface area (Å²) in [5, 5.41) is 0. The summed E-state index contributed by atoms with van der Waals surface area (Å²) in [5.41, 5.74) is 3.32. The van der Waals surface area contributed by atoms with Crippen LogP contribution in [-0.4, -0.2) is 0 Å². The fourth-order valence-corrected chi connectivity index (χ4v) is 6.02. The number of pyridine rings is 1. The fraction of sp³-hybridized carbons (Fsp3) is 0.865. The van der Waals surface area contributed by atoms with Crippen molar-refractivity contribution in [1.29, 1.82) is 0 Å². The van der Waals surface area contributed by atoms with Crippen LogP contribution >= 0.6 is 0 Å². The minimum absolute atomic E-state index is 1.23. The Kier molecular flexibility index (Phi) is 25.6. The number of rotatable bonds is 29. The Morgan fingerprint density at radius 3 is 1.24 bits per heavy atom. The Bertz CT molecular complexity index is 607. The summed E-state index contributed by atoms with van der Waals surface area (Å²) in [6.07, 6.45) is 41.9. The van der Waals surface area contributed by atoms with Gasteiger partial charge in [-0.25, -0.2) is 4.57 Å². The van der Waals surface area contributed by atoms with E-state index in [-0.39, 0.29) is 0 Å². The van der Waals surface area contributed by atoms with Crippen LogP contribution in [0.5, 0.6) is 0 Å². The van der Waals surface area contributed by atoms with Gasteiger partial charge in [-0.1, -0.05) is 162 Å². The normalized spacial score (nSPS) is 11.4. The molecule has 0 bridgehead atoms. The third kappa shape index (κ3) is 20.1. The van der Waals surface area contributed by atoms with Crippen LogP contribution in [0.1, 0.15) is 199 Å². The van der Waals surface area contributed by atoms with Crippen molar-refractivity contribution in [3.63, 3.8) is 0 Å². The minimum Gasteiger partial charge on any atom is -0.202 e. The molecule has 1 heterocycles. The molecule has 0 radical (unpaired) electrons. The molecular weight excluding hydrogens is 458 g/mol. The number of nitrogens with zero attached hydrogens (tertiary/aromatic N) is 1. The second kappa shape index (κ2) is 27.7. The highest BCUT2D eigenvalue weighted by molar-refractivity contribution is 5.16. The molecule has 0 fully saturated rings. The summed E-state index contributed by atoms with van der Waals surface area (Å²) in [5.74, 6) is 0. The Hall–Kier alpha value is -0.850. The van der Waals surface area contributed by atoms with Gasteiger partial charge >= 0.3 is 0 Å². The molecule has 1 aromatic rings. The topological polar surface area (TPSA) is 3.88 Å². The van der Waals surface area contributed by atoms with Crippen LogP contribution < -0.4 is 4.57 Å². The number of aromatic nitrogens is 1. The van der Waals surface area contributed by atoms with E-state index in [2.05, 4.69) is 43.7 Å². The van der Waals surface area contributed by atoms with Crippen molar-refractivity contribution in [2.45, 2.75) is 207 Å². The van der Waals surface area contributed by atoms with E-state index >= 15 is 0 Å². The molecule has 0 aromatic carbocycles. The van der Waals surface area contributed by atoms with Crippen LogP contribution in [0.3, 0.4) is 0 Å². The lowest BCUT2D eigenvalue weighted by molar-refractivity contribution is -0.705. The molecule has 0 spiro atoms. The lowest BCUT2D eigenvalue weighted by Crippen LogP contribution is -2.39. The molecule has 1 nitrogen and oxygen atoms in total. The molecule has 0 atom stereocenters. The zero-order valence-electron chi connectivity index (χ0n) is 26.7.